The number of aromatic nitrogens is 2. The van der Waals surface area contributed by atoms with Gasteiger partial charge >= 0.3 is 0 Å². The van der Waals surface area contributed by atoms with Crippen LogP contribution in [0, 0.1) is 0 Å². The van der Waals surface area contributed by atoms with E-state index in [0.29, 0.717) is 23.4 Å². The molecule has 5 N–H and O–H groups in total. The van der Waals surface area contributed by atoms with Gasteiger partial charge in [0.25, 0.3) is 0 Å². The topological polar surface area (TPSA) is 121 Å². The lowest BCUT2D eigenvalue weighted by Crippen LogP contribution is -2.51. The lowest BCUT2D eigenvalue weighted by Gasteiger charge is -2.34. The Hall–Kier alpha value is -2.71. The zero-order chi connectivity index (χ0) is 19.4. The first kappa shape index (κ1) is 19.1. The zero-order valence-electron chi connectivity index (χ0n) is 15.9. The molecule has 1 aliphatic heterocycles. The van der Waals surface area contributed by atoms with Crippen LogP contribution in [0.1, 0.15) is 24.3 Å². The Morgan fingerprint density at radius 2 is 1.89 bits per heavy atom. The standard InChI is InChI=1S/C19H26N6O2/c1-22-6-4-5-19(21)16(9-13-11-23-18(20)24-17(13)25-19)12-7-14(26-2)10-15(8-12)27-3/h7-11,16,22H,4-6,21H2,1-3H3,(H2,20,24,25). The molecular formula is C19H26N6O2. The van der Waals surface area contributed by atoms with Crippen LogP contribution < -0.4 is 37.0 Å². The van der Waals surface area contributed by atoms with E-state index in [1.807, 2.05) is 25.2 Å². The predicted molar refractivity (Wildman–Crippen MR) is 104 cm³/mol. The average molecular weight is 370 g/mol. The van der Waals surface area contributed by atoms with Crippen molar-refractivity contribution in [2.24, 2.45) is 10.7 Å². The van der Waals surface area contributed by atoms with Crippen molar-refractivity contribution in [1.29, 1.82) is 0 Å². The minimum Gasteiger partial charge on any atom is -0.497 e. The summed E-state index contributed by atoms with van der Waals surface area (Å²) >= 11 is 0. The van der Waals surface area contributed by atoms with E-state index in [0.717, 1.165) is 23.7 Å². The van der Waals surface area contributed by atoms with Crippen LogP contribution in [0.15, 0.2) is 29.4 Å². The number of anilines is 1. The summed E-state index contributed by atoms with van der Waals surface area (Å²) in [5.74, 6) is 1.41. The summed E-state index contributed by atoms with van der Waals surface area (Å²) in [7, 11) is 5.17. The van der Waals surface area contributed by atoms with E-state index in [-0.39, 0.29) is 11.9 Å². The molecule has 144 valence electrons. The maximum absolute atomic E-state index is 6.82. The number of rotatable bonds is 7. The molecule has 0 amide bonds. The molecule has 0 spiro atoms. The molecule has 0 saturated heterocycles. The monoisotopic (exact) mass is 370 g/mol. The average Bonchev–Trinajstić information content (AvgIpc) is 2.67. The Balaban J connectivity index is 2.14. The molecule has 0 aliphatic carbocycles. The quantitative estimate of drug-likeness (QED) is 0.583. The van der Waals surface area contributed by atoms with Crippen LogP contribution >= 0.6 is 0 Å². The molecule has 2 unspecified atom stereocenters. The summed E-state index contributed by atoms with van der Waals surface area (Å²) < 4.78 is 10.8. The van der Waals surface area contributed by atoms with Gasteiger partial charge in [0.15, 0.2) is 5.49 Å². The first-order chi connectivity index (χ1) is 13.0. The minimum atomic E-state index is -0.859. The van der Waals surface area contributed by atoms with Gasteiger partial charge in [-0.1, -0.05) is 6.08 Å². The lowest BCUT2D eigenvalue weighted by atomic mass is 9.81. The zero-order valence-corrected chi connectivity index (χ0v) is 15.9. The molecule has 2 heterocycles. The summed E-state index contributed by atoms with van der Waals surface area (Å²) in [6.07, 6.45) is 5.28. The Morgan fingerprint density at radius 1 is 1.19 bits per heavy atom. The molecule has 2 atom stereocenters. The number of nitrogen functional groups attached to an aromatic ring is 1. The molecule has 0 radical (unpaired) electrons. The third kappa shape index (κ3) is 4.01. The van der Waals surface area contributed by atoms with Crippen molar-refractivity contribution in [3.63, 3.8) is 0 Å². The van der Waals surface area contributed by atoms with Crippen LogP contribution in [-0.2, 0) is 0 Å². The van der Waals surface area contributed by atoms with Crippen molar-refractivity contribution in [1.82, 2.24) is 15.3 Å². The van der Waals surface area contributed by atoms with Crippen molar-refractivity contribution in [3.8, 4) is 11.5 Å². The highest BCUT2D eigenvalue weighted by Crippen LogP contribution is 2.37. The number of methoxy groups -OCH3 is 2. The summed E-state index contributed by atoms with van der Waals surface area (Å²) in [4.78, 5) is 13.1. The molecule has 2 aromatic rings. The van der Waals surface area contributed by atoms with Crippen molar-refractivity contribution in [2.45, 2.75) is 24.4 Å². The second kappa shape index (κ2) is 7.89. The van der Waals surface area contributed by atoms with Crippen LogP contribution in [0.3, 0.4) is 0 Å². The Morgan fingerprint density at radius 3 is 2.52 bits per heavy atom. The summed E-state index contributed by atoms with van der Waals surface area (Å²) in [6, 6.07) is 5.75. The fourth-order valence-electron chi connectivity index (χ4n) is 3.35. The number of fused-ring (bicyclic) bond motifs is 1. The number of ether oxygens (including phenoxy) is 2. The number of nitrogens with zero attached hydrogens (tertiary/aromatic N) is 3. The maximum Gasteiger partial charge on any atom is 0.222 e. The van der Waals surface area contributed by atoms with Gasteiger partial charge < -0.3 is 26.3 Å². The van der Waals surface area contributed by atoms with Gasteiger partial charge in [0, 0.05) is 23.4 Å². The molecule has 0 bridgehead atoms. The smallest absolute Gasteiger partial charge is 0.222 e. The van der Waals surface area contributed by atoms with E-state index in [2.05, 4.69) is 21.4 Å². The summed E-state index contributed by atoms with van der Waals surface area (Å²) in [6.45, 7) is 0.849. The van der Waals surface area contributed by atoms with Crippen LogP contribution in [0.4, 0.5) is 5.95 Å². The fraction of sp³-hybridized carbons (Fsp3) is 0.421. The molecule has 1 aromatic carbocycles. The largest absolute Gasteiger partial charge is 0.497 e. The molecule has 3 rings (SSSR count). The number of hydrogen-bond donors (Lipinski definition) is 3. The molecule has 27 heavy (non-hydrogen) atoms. The van der Waals surface area contributed by atoms with Gasteiger partial charge in [0.05, 0.1) is 14.2 Å². The lowest BCUT2D eigenvalue weighted by molar-refractivity contribution is 0.351. The van der Waals surface area contributed by atoms with Gasteiger partial charge in [-0.15, -0.1) is 0 Å². The molecule has 0 saturated carbocycles. The van der Waals surface area contributed by atoms with E-state index in [1.54, 1.807) is 20.4 Å². The SMILES string of the molecule is CNCCCC1(N)N=c2nc(N)ncc2=CC1c1cc(OC)cc(OC)c1. The second-order valence-corrected chi connectivity index (χ2v) is 6.61. The van der Waals surface area contributed by atoms with Crippen molar-refractivity contribution < 1.29 is 9.47 Å². The highest BCUT2D eigenvalue weighted by Gasteiger charge is 2.36. The normalized spacial score (nSPS) is 21.0. The van der Waals surface area contributed by atoms with E-state index in [1.165, 1.54) is 0 Å². The van der Waals surface area contributed by atoms with Gasteiger partial charge in [0.1, 0.15) is 17.2 Å². The maximum atomic E-state index is 6.82. The fourth-order valence-corrected chi connectivity index (χ4v) is 3.35. The van der Waals surface area contributed by atoms with Crippen LogP contribution in [0.2, 0.25) is 0 Å². The highest BCUT2D eigenvalue weighted by atomic mass is 16.5. The third-order valence-corrected chi connectivity index (χ3v) is 4.75. The Bertz CT molecular complexity index is 910. The second-order valence-electron chi connectivity index (χ2n) is 6.61. The molecule has 1 aliphatic rings. The van der Waals surface area contributed by atoms with Gasteiger partial charge in [-0.3, -0.25) is 0 Å². The van der Waals surface area contributed by atoms with Gasteiger partial charge in [-0.25, -0.2) is 9.98 Å². The van der Waals surface area contributed by atoms with Crippen LogP contribution in [0.25, 0.3) is 6.08 Å². The van der Waals surface area contributed by atoms with Crippen LogP contribution in [0.5, 0.6) is 11.5 Å². The number of nitrogens with two attached hydrogens (primary N) is 2. The van der Waals surface area contributed by atoms with Crippen molar-refractivity contribution in [2.75, 3.05) is 33.5 Å². The molecular weight excluding hydrogens is 344 g/mol. The Kier molecular flexibility index (Phi) is 5.57. The molecule has 8 heteroatoms. The third-order valence-electron chi connectivity index (χ3n) is 4.75. The summed E-state index contributed by atoms with van der Waals surface area (Å²) in [5.41, 5.74) is 13.2. The number of nitrogens with one attached hydrogen (secondary N) is 1. The van der Waals surface area contributed by atoms with Crippen molar-refractivity contribution >= 4 is 12.0 Å². The number of benzene rings is 1. The van der Waals surface area contributed by atoms with Gasteiger partial charge in [0.2, 0.25) is 5.95 Å². The van der Waals surface area contributed by atoms with Gasteiger partial charge in [-0.2, -0.15) is 4.98 Å². The molecule has 0 fully saturated rings. The van der Waals surface area contributed by atoms with Gasteiger partial charge in [-0.05, 0) is 44.1 Å². The predicted octanol–water partition coefficient (Wildman–Crippen LogP) is -0.0719. The number of hydrogen-bond acceptors (Lipinski definition) is 8. The highest BCUT2D eigenvalue weighted by molar-refractivity contribution is 5.50. The first-order valence-electron chi connectivity index (χ1n) is 8.86. The van der Waals surface area contributed by atoms with Crippen LogP contribution in [-0.4, -0.2) is 43.4 Å². The van der Waals surface area contributed by atoms with Crippen molar-refractivity contribution in [3.05, 3.63) is 40.7 Å². The Labute approximate surface area is 158 Å². The minimum absolute atomic E-state index is 0.182. The van der Waals surface area contributed by atoms with E-state index >= 15 is 0 Å². The first-order valence-corrected chi connectivity index (χ1v) is 8.86. The molecule has 1 aromatic heterocycles. The van der Waals surface area contributed by atoms with E-state index in [9.17, 15) is 0 Å². The molecule has 8 nitrogen and oxygen atoms in total. The van der Waals surface area contributed by atoms with E-state index in [4.69, 9.17) is 25.9 Å². The summed E-state index contributed by atoms with van der Waals surface area (Å²) in [5, 5.41) is 3.96. The van der Waals surface area contributed by atoms with E-state index < -0.39 is 5.66 Å².